The number of carbonyl (C=O) groups is 2. The summed E-state index contributed by atoms with van der Waals surface area (Å²) in [4.78, 5) is 27.5. The Morgan fingerprint density at radius 3 is 2.64 bits per heavy atom. The molecule has 0 unspecified atom stereocenters. The fourth-order valence-electron chi connectivity index (χ4n) is 2.49. The van der Waals surface area contributed by atoms with Crippen LogP contribution in [0.3, 0.4) is 0 Å². The maximum absolute atomic E-state index is 12.1. The highest BCUT2D eigenvalue weighted by Gasteiger charge is 2.23. The van der Waals surface area contributed by atoms with E-state index in [9.17, 15) is 9.59 Å². The number of hydrogen-bond acceptors (Lipinski definition) is 4. The van der Waals surface area contributed by atoms with Crippen LogP contribution in [0.4, 0.5) is 10.5 Å². The zero-order valence-electron chi connectivity index (χ0n) is 14.2. The molecular weight excluding hydrogens is 352 g/mol. The van der Waals surface area contributed by atoms with Gasteiger partial charge in [0, 0.05) is 27.8 Å². The molecule has 1 fully saturated rings. The lowest BCUT2D eigenvalue weighted by molar-refractivity contribution is -0.116. The summed E-state index contributed by atoms with van der Waals surface area (Å²) < 4.78 is 0. The Labute approximate surface area is 156 Å². The third-order valence-electron chi connectivity index (χ3n) is 3.89. The molecule has 3 rings (SSSR count). The smallest absolute Gasteiger partial charge is 0.282 e. The highest BCUT2D eigenvalue weighted by Crippen LogP contribution is 2.31. The zero-order valence-corrected chi connectivity index (χ0v) is 15.9. The van der Waals surface area contributed by atoms with Crippen molar-refractivity contribution in [1.29, 1.82) is 0 Å². The molecule has 0 atom stereocenters. The Morgan fingerprint density at radius 1 is 1.20 bits per heavy atom. The maximum Gasteiger partial charge on any atom is 0.282 e. The molecule has 25 heavy (non-hydrogen) atoms. The number of amides is 2. The molecule has 1 heterocycles. The quantitative estimate of drug-likeness (QED) is 0.836. The number of carbonyl (C=O) groups excluding carboxylic acids is 2. The van der Waals surface area contributed by atoms with Crippen LogP contribution in [0, 0.1) is 13.8 Å². The second-order valence-corrected chi connectivity index (χ2v) is 8.14. The summed E-state index contributed by atoms with van der Waals surface area (Å²) >= 11 is 2.98. The predicted molar refractivity (Wildman–Crippen MR) is 105 cm³/mol. The van der Waals surface area contributed by atoms with E-state index in [2.05, 4.69) is 37.4 Å². The van der Waals surface area contributed by atoms with Crippen molar-refractivity contribution in [3.8, 4) is 0 Å². The molecule has 1 N–H and O–H groups in total. The fraction of sp³-hybridized carbons (Fsp3) is 0.263. The molecule has 0 bridgehead atoms. The van der Waals surface area contributed by atoms with Crippen molar-refractivity contribution < 1.29 is 9.59 Å². The summed E-state index contributed by atoms with van der Waals surface area (Å²) in [5.74, 6) is 0.599. The van der Waals surface area contributed by atoms with Gasteiger partial charge in [-0.15, -0.1) is 0 Å². The van der Waals surface area contributed by atoms with Crippen molar-refractivity contribution >= 4 is 40.4 Å². The summed E-state index contributed by atoms with van der Waals surface area (Å²) in [5.41, 5.74) is 3.24. The van der Waals surface area contributed by atoms with Gasteiger partial charge in [0.2, 0.25) is 5.91 Å². The maximum atomic E-state index is 12.1. The van der Waals surface area contributed by atoms with Crippen molar-refractivity contribution in [2.75, 3.05) is 24.2 Å². The monoisotopic (exact) mass is 372 g/mol. The number of rotatable bonds is 5. The van der Waals surface area contributed by atoms with Crippen LogP contribution in [0.15, 0.2) is 52.3 Å². The van der Waals surface area contributed by atoms with Gasteiger partial charge in [0.05, 0.1) is 0 Å². The van der Waals surface area contributed by atoms with Gasteiger partial charge in [-0.25, -0.2) is 0 Å². The van der Waals surface area contributed by atoms with E-state index < -0.39 is 0 Å². The van der Waals surface area contributed by atoms with Gasteiger partial charge in [0.1, 0.15) is 6.54 Å². The molecule has 2 aromatic carbocycles. The van der Waals surface area contributed by atoms with Crippen LogP contribution in [-0.2, 0) is 4.79 Å². The number of nitrogens with zero attached hydrogens (tertiary/aromatic N) is 1. The van der Waals surface area contributed by atoms with E-state index in [0.29, 0.717) is 6.54 Å². The SMILES string of the molecule is Cc1ccc(C)c(Sc2ccc(NC(=O)CN3CCSC3=O)cc2)c1. The highest BCUT2D eigenvalue weighted by molar-refractivity contribution is 8.13. The molecule has 2 amide bonds. The molecule has 4 nitrogen and oxygen atoms in total. The number of aryl methyl sites for hydroxylation is 2. The van der Waals surface area contributed by atoms with E-state index in [4.69, 9.17) is 0 Å². The zero-order chi connectivity index (χ0) is 17.8. The first kappa shape index (κ1) is 17.9. The van der Waals surface area contributed by atoms with Crippen molar-refractivity contribution in [3.05, 3.63) is 53.6 Å². The molecule has 1 aliphatic heterocycles. The van der Waals surface area contributed by atoms with Crippen molar-refractivity contribution in [2.24, 2.45) is 0 Å². The van der Waals surface area contributed by atoms with E-state index in [1.165, 1.54) is 27.8 Å². The highest BCUT2D eigenvalue weighted by atomic mass is 32.2. The van der Waals surface area contributed by atoms with E-state index in [0.717, 1.165) is 16.3 Å². The van der Waals surface area contributed by atoms with E-state index >= 15 is 0 Å². The molecule has 0 spiro atoms. The molecule has 0 saturated carbocycles. The van der Waals surface area contributed by atoms with Gasteiger partial charge in [0.25, 0.3) is 5.24 Å². The third kappa shape index (κ3) is 4.80. The van der Waals surface area contributed by atoms with Crippen LogP contribution < -0.4 is 5.32 Å². The average molecular weight is 373 g/mol. The summed E-state index contributed by atoms with van der Waals surface area (Å²) in [6.45, 7) is 4.95. The van der Waals surface area contributed by atoms with Crippen LogP contribution in [0.1, 0.15) is 11.1 Å². The van der Waals surface area contributed by atoms with E-state index in [-0.39, 0.29) is 17.7 Å². The number of hydrogen-bond donors (Lipinski definition) is 1. The number of benzene rings is 2. The first-order valence-corrected chi connectivity index (χ1v) is 9.88. The van der Waals surface area contributed by atoms with Gasteiger partial charge in [-0.3, -0.25) is 9.59 Å². The minimum absolute atomic E-state index is 0.0181. The Hall–Kier alpha value is -1.92. The van der Waals surface area contributed by atoms with E-state index in [1.54, 1.807) is 16.7 Å². The Morgan fingerprint density at radius 2 is 1.96 bits per heavy atom. The lowest BCUT2D eigenvalue weighted by Crippen LogP contribution is -2.33. The van der Waals surface area contributed by atoms with Gasteiger partial charge < -0.3 is 10.2 Å². The summed E-state index contributed by atoms with van der Waals surface area (Å²) in [7, 11) is 0. The molecule has 0 aliphatic carbocycles. The first-order valence-electron chi connectivity index (χ1n) is 8.08. The molecule has 6 heteroatoms. The molecule has 1 saturated heterocycles. The van der Waals surface area contributed by atoms with Gasteiger partial charge in [0.15, 0.2) is 0 Å². The van der Waals surface area contributed by atoms with Crippen LogP contribution in [0.25, 0.3) is 0 Å². The molecule has 0 aromatic heterocycles. The Bertz CT molecular complexity index is 791. The molecular formula is C19H20N2O2S2. The second-order valence-electron chi connectivity index (χ2n) is 5.98. The summed E-state index contributed by atoms with van der Waals surface area (Å²) in [5, 5.41) is 2.83. The molecule has 1 aliphatic rings. The molecule has 0 radical (unpaired) electrons. The normalized spacial score (nSPS) is 14.0. The van der Waals surface area contributed by atoms with Crippen molar-refractivity contribution in [3.63, 3.8) is 0 Å². The van der Waals surface area contributed by atoms with Crippen LogP contribution in [0.2, 0.25) is 0 Å². The predicted octanol–water partition coefficient (Wildman–Crippen LogP) is 4.56. The largest absolute Gasteiger partial charge is 0.325 e. The summed E-state index contributed by atoms with van der Waals surface area (Å²) in [6, 6.07) is 14.2. The van der Waals surface area contributed by atoms with Crippen molar-refractivity contribution in [2.45, 2.75) is 23.6 Å². The second kappa shape index (κ2) is 7.97. The van der Waals surface area contributed by atoms with Gasteiger partial charge in [-0.2, -0.15) is 0 Å². The van der Waals surface area contributed by atoms with Crippen LogP contribution >= 0.6 is 23.5 Å². The third-order valence-corrected chi connectivity index (χ3v) is 5.95. The Balaban J connectivity index is 1.59. The standard InChI is InChI=1S/C19H20N2O2S2/c1-13-3-4-14(2)17(11-13)25-16-7-5-15(6-8-16)20-18(22)12-21-9-10-24-19(21)23/h3-8,11H,9-10,12H2,1-2H3,(H,20,22). The first-order chi connectivity index (χ1) is 12.0. The lowest BCUT2D eigenvalue weighted by Gasteiger charge is -2.14. The number of thioether (sulfide) groups is 1. The molecule has 130 valence electrons. The number of nitrogens with one attached hydrogen (secondary N) is 1. The number of anilines is 1. The van der Waals surface area contributed by atoms with Crippen LogP contribution in [-0.4, -0.2) is 34.9 Å². The van der Waals surface area contributed by atoms with Gasteiger partial charge >= 0.3 is 0 Å². The van der Waals surface area contributed by atoms with Crippen LogP contribution in [0.5, 0.6) is 0 Å². The van der Waals surface area contributed by atoms with E-state index in [1.807, 2.05) is 24.3 Å². The fourth-order valence-corrected chi connectivity index (χ4v) is 4.32. The van der Waals surface area contributed by atoms with Gasteiger partial charge in [-0.1, -0.05) is 35.7 Å². The minimum atomic E-state index is -0.161. The molecule has 2 aromatic rings. The lowest BCUT2D eigenvalue weighted by atomic mass is 10.2. The van der Waals surface area contributed by atoms with Crippen molar-refractivity contribution in [1.82, 2.24) is 4.90 Å². The Kier molecular flexibility index (Phi) is 5.71. The van der Waals surface area contributed by atoms with Gasteiger partial charge in [-0.05, 0) is 55.3 Å². The topological polar surface area (TPSA) is 49.4 Å². The summed E-state index contributed by atoms with van der Waals surface area (Å²) in [6.07, 6.45) is 0. The average Bonchev–Trinajstić information content (AvgIpc) is 2.97. The minimum Gasteiger partial charge on any atom is -0.325 e.